The van der Waals surface area contributed by atoms with Crippen molar-refractivity contribution in [3.63, 3.8) is 0 Å². The zero-order valence-electron chi connectivity index (χ0n) is 12.1. The van der Waals surface area contributed by atoms with E-state index in [-0.39, 0.29) is 5.50 Å². The minimum Gasteiger partial charge on any atom is -0.365 e. The maximum Gasteiger partial charge on any atom is 0.137 e. The Bertz CT molecular complexity index is 663. The van der Waals surface area contributed by atoms with Gasteiger partial charge in [-0.3, -0.25) is 10.00 Å². The number of thioether (sulfide) groups is 1. The first-order valence-electron chi connectivity index (χ1n) is 7.45. The van der Waals surface area contributed by atoms with Gasteiger partial charge in [0.05, 0.1) is 16.9 Å². The van der Waals surface area contributed by atoms with Crippen LogP contribution in [-0.4, -0.2) is 38.7 Å². The van der Waals surface area contributed by atoms with E-state index in [1.807, 2.05) is 30.6 Å². The predicted octanol–water partition coefficient (Wildman–Crippen LogP) is 2.02. The molecule has 2 aromatic rings. The highest BCUT2D eigenvalue weighted by molar-refractivity contribution is 8.04. The van der Waals surface area contributed by atoms with Gasteiger partial charge in [-0.2, -0.15) is 5.10 Å². The number of hydrogen-bond donors (Lipinski definition) is 2. The minimum atomic E-state index is -0.171. The van der Waals surface area contributed by atoms with Crippen LogP contribution in [0.2, 0.25) is 0 Å². The van der Waals surface area contributed by atoms with Crippen molar-refractivity contribution >= 4 is 23.3 Å². The Balaban J connectivity index is 1.82. The van der Waals surface area contributed by atoms with Crippen molar-refractivity contribution in [1.29, 1.82) is 0 Å². The molecule has 6 nitrogen and oxygen atoms in total. The number of aromatic nitrogens is 3. The highest BCUT2D eigenvalue weighted by Crippen LogP contribution is 2.45. The maximum atomic E-state index is 6.42. The molecule has 0 aliphatic carbocycles. The highest BCUT2D eigenvalue weighted by atomic mass is 32.2. The summed E-state index contributed by atoms with van der Waals surface area (Å²) < 4.78 is 0. The second-order valence-corrected chi connectivity index (χ2v) is 6.51. The average molecular weight is 314 g/mol. The van der Waals surface area contributed by atoms with Gasteiger partial charge in [-0.05, 0) is 25.0 Å². The van der Waals surface area contributed by atoms with Gasteiger partial charge in [0.1, 0.15) is 11.3 Å². The molecule has 0 spiro atoms. The number of aromatic amines is 1. The predicted molar refractivity (Wildman–Crippen MR) is 88.6 cm³/mol. The fourth-order valence-electron chi connectivity index (χ4n) is 2.98. The zero-order chi connectivity index (χ0) is 14.9. The van der Waals surface area contributed by atoms with Crippen LogP contribution in [0.25, 0.3) is 5.70 Å². The van der Waals surface area contributed by atoms with Gasteiger partial charge in [0.15, 0.2) is 0 Å². The Morgan fingerprint density at radius 2 is 2.14 bits per heavy atom. The molecule has 0 bridgehead atoms. The molecule has 114 valence electrons. The van der Waals surface area contributed by atoms with E-state index in [9.17, 15) is 0 Å². The number of anilines is 1. The van der Waals surface area contributed by atoms with Crippen LogP contribution in [0.3, 0.4) is 0 Å². The number of hydrogen-bond acceptors (Lipinski definition) is 6. The molecule has 0 saturated carbocycles. The fourth-order valence-corrected chi connectivity index (χ4v) is 4.19. The summed E-state index contributed by atoms with van der Waals surface area (Å²) in [6.07, 6.45) is 8.04. The Morgan fingerprint density at radius 1 is 1.27 bits per heavy atom. The first-order chi connectivity index (χ1) is 10.8. The number of H-pyrrole nitrogens is 1. The van der Waals surface area contributed by atoms with E-state index in [1.165, 1.54) is 17.9 Å². The smallest absolute Gasteiger partial charge is 0.137 e. The van der Waals surface area contributed by atoms with Crippen LogP contribution >= 0.6 is 11.8 Å². The topological polar surface area (TPSA) is 74.1 Å². The molecule has 4 rings (SSSR count). The van der Waals surface area contributed by atoms with Crippen LogP contribution < -0.4 is 10.6 Å². The molecule has 3 N–H and O–H groups in total. The van der Waals surface area contributed by atoms with Crippen molar-refractivity contribution in [2.45, 2.75) is 18.3 Å². The van der Waals surface area contributed by atoms with Gasteiger partial charge in [-0.25, -0.2) is 4.98 Å². The molecule has 1 atom stereocenters. The molecule has 2 aliphatic rings. The molecular formula is C15H18N6S. The van der Waals surface area contributed by atoms with Gasteiger partial charge in [0.2, 0.25) is 0 Å². The van der Waals surface area contributed by atoms with Crippen molar-refractivity contribution < 1.29 is 0 Å². The molecule has 4 heterocycles. The first kappa shape index (κ1) is 13.7. The van der Waals surface area contributed by atoms with E-state index in [0.29, 0.717) is 0 Å². The lowest BCUT2D eigenvalue weighted by Gasteiger charge is -2.24. The van der Waals surface area contributed by atoms with Gasteiger partial charge in [0, 0.05) is 31.0 Å². The Kier molecular flexibility index (Phi) is 3.51. The summed E-state index contributed by atoms with van der Waals surface area (Å²) in [6, 6.07) is 5.90. The van der Waals surface area contributed by atoms with Gasteiger partial charge in [-0.1, -0.05) is 17.8 Å². The second-order valence-electron chi connectivity index (χ2n) is 5.40. The van der Waals surface area contributed by atoms with Crippen LogP contribution in [0.1, 0.15) is 18.4 Å². The lowest BCUT2D eigenvalue weighted by Crippen LogP contribution is -2.35. The van der Waals surface area contributed by atoms with E-state index in [0.717, 1.165) is 30.2 Å². The maximum absolute atomic E-state index is 6.42. The standard InChI is InChI=1S/C15H18N6S/c16-15-21(12-5-1-2-6-17-12)13(11-9-18-19-10-11)14(22-15)20-7-3-4-8-20/h1-2,5-6,9-10,15H,3-4,7-8,16H2,(H,18,19). The van der Waals surface area contributed by atoms with Gasteiger partial charge >= 0.3 is 0 Å². The number of nitrogens with zero attached hydrogens (tertiary/aromatic N) is 4. The molecule has 0 aromatic carbocycles. The summed E-state index contributed by atoms with van der Waals surface area (Å²) in [5.41, 5.74) is 8.40. The van der Waals surface area contributed by atoms with Gasteiger partial charge < -0.3 is 10.6 Å². The van der Waals surface area contributed by atoms with Crippen LogP contribution in [0.4, 0.5) is 5.82 Å². The summed E-state index contributed by atoms with van der Waals surface area (Å²) in [7, 11) is 0. The lowest BCUT2D eigenvalue weighted by atomic mass is 10.2. The summed E-state index contributed by atoms with van der Waals surface area (Å²) in [4.78, 5) is 9.01. The molecule has 0 radical (unpaired) electrons. The monoisotopic (exact) mass is 314 g/mol. The van der Waals surface area contributed by atoms with Crippen molar-refractivity contribution in [3.05, 3.63) is 47.4 Å². The summed E-state index contributed by atoms with van der Waals surface area (Å²) >= 11 is 1.70. The normalized spacial score (nSPS) is 22.0. The molecule has 0 amide bonds. The summed E-state index contributed by atoms with van der Waals surface area (Å²) in [5.74, 6) is 0.868. The summed E-state index contributed by atoms with van der Waals surface area (Å²) in [6.45, 7) is 2.18. The number of rotatable bonds is 3. The van der Waals surface area contributed by atoms with Crippen molar-refractivity contribution in [1.82, 2.24) is 20.1 Å². The molecule has 2 aliphatic heterocycles. The van der Waals surface area contributed by atoms with Crippen LogP contribution in [0, 0.1) is 0 Å². The molecule has 1 unspecified atom stereocenters. The fraction of sp³-hybridized carbons (Fsp3) is 0.333. The largest absolute Gasteiger partial charge is 0.365 e. The average Bonchev–Trinajstić information content (AvgIpc) is 3.28. The van der Waals surface area contributed by atoms with Crippen molar-refractivity contribution in [2.75, 3.05) is 18.0 Å². The van der Waals surface area contributed by atoms with E-state index in [2.05, 4.69) is 25.0 Å². The van der Waals surface area contributed by atoms with E-state index in [4.69, 9.17) is 5.73 Å². The molecule has 22 heavy (non-hydrogen) atoms. The zero-order valence-corrected chi connectivity index (χ0v) is 13.0. The van der Waals surface area contributed by atoms with Crippen LogP contribution in [-0.2, 0) is 0 Å². The quantitative estimate of drug-likeness (QED) is 0.903. The number of nitrogens with two attached hydrogens (primary N) is 1. The van der Waals surface area contributed by atoms with Gasteiger partial charge in [-0.15, -0.1) is 0 Å². The molecule has 2 aromatic heterocycles. The third-order valence-corrected chi connectivity index (χ3v) is 5.12. The Labute approximate surface area is 133 Å². The Hall–Kier alpha value is -1.99. The van der Waals surface area contributed by atoms with E-state index >= 15 is 0 Å². The van der Waals surface area contributed by atoms with Crippen molar-refractivity contribution in [2.24, 2.45) is 5.73 Å². The minimum absolute atomic E-state index is 0.171. The summed E-state index contributed by atoms with van der Waals surface area (Å²) in [5, 5.41) is 8.24. The molecule has 1 fully saturated rings. The third kappa shape index (κ3) is 2.26. The number of pyridine rings is 1. The SMILES string of the molecule is NC1SC(N2CCCC2)=C(c2cn[nH]c2)N1c1ccccn1. The number of likely N-dealkylation sites (tertiary alicyclic amines) is 1. The first-order valence-corrected chi connectivity index (χ1v) is 8.33. The third-order valence-electron chi connectivity index (χ3n) is 3.99. The molecular weight excluding hydrogens is 296 g/mol. The lowest BCUT2D eigenvalue weighted by molar-refractivity contribution is 0.459. The Morgan fingerprint density at radius 3 is 2.82 bits per heavy atom. The number of nitrogens with one attached hydrogen (secondary N) is 1. The van der Waals surface area contributed by atoms with Crippen LogP contribution in [0.5, 0.6) is 0 Å². The molecule has 1 saturated heterocycles. The van der Waals surface area contributed by atoms with E-state index in [1.54, 1.807) is 18.0 Å². The van der Waals surface area contributed by atoms with Crippen LogP contribution in [0.15, 0.2) is 41.8 Å². The highest BCUT2D eigenvalue weighted by Gasteiger charge is 2.36. The van der Waals surface area contributed by atoms with E-state index < -0.39 is 0 Å². The molecule has 7 heteroatoms. The second kappa shape index (κ2) is 5.66. The van der Waals surface area contributed by atoms with Crippen molar-refractivity contribution in [3.8, 4) is 0 Å². The van der Waals surface area contributed by atoms with Gasteiger partial charge in [0.25, 0.3) is 0 Å².